The van der Waals surface area contributed by atoms with Crippen LogP contribution in [0.25, 0.3) is 0 Å². The molecule has 0 amide bonds. The van der Waals surface area contributed by atoms with Gasteiger partial charge in [-0.05, 0) is 12.0 Å². The molecule has 1 rings (SSSR count). The van der Waals surface area contributed by atoms with E-state index in [1.807, 2.05) is 0 Å². The molecule has 0 atom stereocenters. The lowest BCUT2D eigenvalue weighted by molar-refractivity contribution is -0.394. The third kappa shape index (κ3) is 2.57. The molecule has 0 aliphatic rings. The number of methoxy groups -OCH3 is 1. The summed E-state index contributed by atoms with van der Waals surface area (Å²) in [6, 6.07) is 1.25. The molecule has 0 aliphatic heterocycles. The summed E-state index contributed by atoms with van der Waals surface area (Å²) in [4.78, 5) is 20.4. The van der Waals surface area contributed by atoms with Gasteiger partial charge >= 0.3 is 5.69 Å². The minimum absolute atomic E-state index is 0.0167. The zero-order valence-electron chi connectivity index (χ0n) is 9.81. The Kier molecular flexibility index (Phi) is 4.57. The first-order valence-corrected chi connectivity index (χ1v) is 5.43. The Labute approximate surface area is 108 Å². The van der Waals surface area contributed by atoms with Crippen molar-refractivity contribution in [2.24, 2.45) is 0 Å². The zero-order valence-corrected chi connectivity index (χ0v) is 10.6. The zero-order chi connectivity index (χ0) is 13.9. The summed E-state index contributed by atoms with van der Waals surface area (Å²) in [6.45, 7) is 1.73. The van der Waals surface area contributed by atoms with Crippen LogP contribution in [-0.2, 0) is 17.8 Å². The summed E-state index contributed by atoms with van der Waals surface area (Å²) < 4.78 is 4.88. The van der Waals surface area contributed by atoms with Crippen molar-refractivity contribution in [1.29, 1.82) is 0 Å². The number of halogens is 1. The average molecular weight is 275 g/mol. The maximum atomic E-state index is 11.0. The molecule has 98 valence electrons. The van der Waals surface area contributed by atoms with Crippen LogP contribution in [0.3, 0.4) is 0 Å². The van der Waals surface area contributed by atoms with Crippen LogP contribution in [-0.4, -0.2) is 17.0 Å². The lowest BCUT2D eigenvalue weighted by Gasteiger charge is -2.09. The van der Waals surface area contributed by atoms with Gasteiger partial charge in [0.2, 0.25) is 0 Å². The number of nitro benzene ring substituents is 2. The highest BCUT2D eigenvalue weighted by Gasteiger charge is 2.30. The molecule has 0 fully saturated rings. The van der Waals surface area contributed by atoms with E-state index in [2.05, 4.69) is 0 Å². The van der Waals surface area contributed by atoms with Crippen LogP contribution in [0.4, 0.5) is 11.4 Å². The molecule has 18 heavy (non-hydrogen) atoms. The van der Waals surface area contributed by atoms with Gasteiger partial charge in [0.05, 0.1) is 22.0 Å². The summed E-state index contributed by atoms with van der Waals surface area (Å²) in [7, 11) is 1.39. The number of aryl methyl sites for hydroxylation is 1. The summed E-state index contributed by atoms with van der Waals surface area (Å²) in [5.41, 5.74) is -0.148. The van der Waals surface area contributed by atoms with Gasteiger partial charge in [0.15, 0.2) is 5.02 Å². The van der Waals surface area contributed by atoms with E-state index in [4.69, 9.17) is 16.3 Å². The van der Waals surface area contributed by atoms with E-state index < -0.39 is 26.2 Å². The Hall–Kier alpha value is -1.73. The molecule has 0 spiro atoms. The van der Waals surface area contributed by atoms with E-state index in [0.29, 0.717) is 12.0 Å². The minimum Gasteiger partial charge on any atom is -0.380 e. The highest BCUT2D eigenvalue weighted by atomic mass is 35.5. The average Bonchev–Trinajstić information content (AvgIpc) is 2.28. The minimum atomic E-state index is -0.731. The van der Waals surface area contributed by atoms with Crippen molar-refractivity contribution in [3.05, 3.63) is 42.4 Å². The van der Waals surface area contributed by atoms with Crippen LogP contribution >= 0.6 is 11.6 Å². The molecule has 0 heterocycles. The maximum absolute atomic E-state index is 11.0. The smallest absolute Gasteiger partial charge is 0.300 e. The number of rotatable bonds is 5. The lowest BCUT2D eigenvalue weighted by atomic mass is 10.0. The van der Waals surface area contributed by atoms with Gasteiger partial charge in [0, 0.05) is 13.2 Å². The lowest BCUT2D eigenvalue weighted by Crippen LogP contribution is -2.05. The molecule has 0 aromatic heterocycles. The molecule has 0 N–H and O–H groups in total. The topological polar surface area (TPSA) is 95.5 Å². The van der Waals surface area contributed by atoms with Gasteiger partial charge < -0.3 is 4.74 Å². The molecule has 1 aromatic rings. The summed E-state index contributed by atoms with van der Waals surface area (Å²) in [5, 5.41) is 21.3. The summed E-state index contributed by atoms with van der Waals surface area (Å²) in [6.07, 6.45) is 0.414. The standard InChI is InChI=1S/C10H11ClN2O5/c1-3-6-4-8(12(14)15)9(11)10(13(16)17)7(6)5-18-2/h4H,3,5H2,1-2H3. The fourth-order valence-corrected chi connectivity index (χ4v) is 1.97. The van der Waals surface area contributed by atoms with Gasteiger partial charge in [-0.2, -0.15) is 0 Å². The normalized spacial score (nSPS) is 10.4. The Balaban J connectivity index is 3.64. The fourth-order valence-electron chi connectivity index (χ4n) is 1.67. The van der Waals surface area contributed by atoms with Gasteiger partial charge in [0.1, 0.15) is 0 Å². The number of nitrogens with zero attached hydrogens (tertiary/aromatic N) is 2. The quantitative estimate of drug-likeness (QED) is 0.607. The molecule has 0 saturated carbocycles. The SMILES string of the molecule is CCc1cc([N+](=O)[O-])c(Cl)c([N+](=O)[O-])c1COC. The van der Waals surface area contributed by atoms with Crippen LogP contribution in [0.1, 0.15) is 18.1 Å². The van der Waals surface area contributed by atoms with Crippen LogP contribution in [0, 0.1) is 20.2 Å². The third-order valence-electron chi connectivity index (χ3n) is 2.47. The molecule has 0 saturated heterocycles. The second kappa shape index (κ2) is 5.74. The van der Waals surface area contributed by atoms with E-state index in [9.17, 15) is 20.2 Å². The molecular formula is C10H11ClN2O5. The van der Waals surface area contributed by atoms with Gasteiger partial charge in [-0.3, -0.25) is 20.2 Å². The predicted octanol–water partition coefficient (Wildman–Crippen LogP) is 2.87. The second-order valence-corrected chi connectivity index (χ2v) is 3.87. The third-order valence-corrected chi connectivity index (χ3v) is 2.84. The highest BCUT2D eigenvalue weighted by Crippen LogP contribution is 2.39. The van der Waals surface area contributed by atoms with Crippen molar-refractivity contribution in [3.8, 4) is 0 Å². The van der Waals surface area contributed by atoms with Crippen LogP contribution in [0.15, 0.2) is 6.07 Å². The monoisotopic (exact) mass is 274 g/mol. The van der Waals surface area contributed by atoms with Crippen LogP contribution < -0.4 is 0 Å². The Morgan fingerprint density at radius 2 is 1.94 bits per heavy atom. The number of ether oxygens (including phenoxy) is 1. The van der Waals surface area contributed by atoms with Crippen molar-refractivity contribution < 1.29 is 14.6 Å². The fraction of sp³-hybridized carbons (Fsp3) is 0.400. The van der Waals surface area contributed by atoms with Gasteiger partial charge in [-0.15, -0.1) is 0 Å². The molecule has 8 heteroatoms. The first kappa shape index (κ1) is 14.3. The van der Waals surface area contributed by atoms with E-state index in [0.717, 1.165) is 0 Å². The molecule has 0 radical (unpaired) electrons. The number of hydrogen-bond acceptors (Lipinski definition) is 5. The molecule has 7 nitrogen and oxygen atoms in total. The van der Waals surface area contributed by atoms with E-state index in [1.54, 1.807) is 6.92 Å². The Morgan fingerprint density at radius 3 is 2.33 bits per heavy atom. The molecule has 0 bridgehead atoms. The van der Waals surface area contributed by atoms with Gasteiger partial charge in [-0.1, -0.05) is 18.5 Å². The van der Waals surface area contributed by atoms with Gasteiger partial charge in [-0.25, -0.2) is 0 Å². The van der Waals surface area contributed by atoms with Crippen LogP contribution in [0.5, 0.6) is 0 Å². The molecule has 1 aromatic carbocycles. The number of nitro groups is 2. The largest absolute Gasteiger partial charge is 0.380 e. The van der Waals surface area contributed by atoms with Crippen molar-refractivity contribution in [1.82, 2.24) is 0 Å². The Morgan fingerprint density at radius 1 is 1.33 bits per heavy atom. The van der Waals surface area contributed by atoms with Crippen molar-refractivity contribution in [2.75, 3.05) is 7.11 Å². The van der Waals surface area contributed by atoms with Crippen molar-refractivity contribution >= 4 is 23.0 Å². The van der Waals surface area contributed by atoms with Crippen molar-refractivity contribution in [3.63, 3.8) is 0 Å². The van der Waals surface area contributed by atoms with Crippen molar-refractivity contribution in [2.45, 2.75) is 20.0 Å². The van der Waals surface area contributed by atoms with E-state index in [-0.39, 0.29) is 12.2 Å². The van der Waals surface area contributed by atoms with E-state index >= 15 is 0 Å². The van der Waals surface area contributed by atoms with Crippen LogP contribution in [0.2, 0.25) is 5.02 Å². The van der Waals surface area contributed by atoms with Gasteiger partial charge in [0.25, 0.3) is 5.69 Å². The molecule has 0 unspecified atom stereocenters. The first-order valence-electron chi connectivity index (χ1n) is 5.05. The highest BCUT2D eigenvalue weighted by molar-refractivity contribution is 6.35. The Bertz CT molecular complexity index is 504. The molecule has 0 aliphatic carbocycles. The second-order valence-electron chi connectivity index (χ2n) is 3.50. The maximum Gasteiger partial charge on any atom is 0.300 e. The summed E-state index contributed by atoms with van der Waals surface area (Å²) in [5.74, 6) is 0. The van der Waals surface area contributed by atoms with E-state index in [1.165, 1.54) is 13.2 Å². The summed E-state index contributed by atoms with van der Waals surface area (Å²) >= 11 is 5.73. The first-order chi connectivity index (χ1) is 8.43. The number of benzene rings is 1. The molecular weight excluding hydrogens is 264 g/mol. The predicted molar refractivity (Wildman–Crippen MR) is 64.9 cm³/mol. The number of hydrogen-bond donors (Lipinski definition) is 0.